The number of benzene rings is 2. The molecule has 0 fully saturated rings. The number of amides is 1. The lowest BCUT2D eigenvalue weighted by Gasteiger charge is -2.20. The summed E-state index contributed by atoms with van der Waals surface area (Å²) in [5.74, 6) is -0.297. The second-order valence-corrected chi connectivity index (χ2v) is 9.62. The van der Waals surface area contributed by atoms with Crippen molar-refractivity contribution in [1.82, 2.24) is 15.1 Å². The van der Waals surface area contributed by atoms with Gasteiger partial charge in [-0.1, -0.05) is 51.6 Å². The van der Waals surface area contributed by atoms with Crippen LogP contribution >= 0.6 is 11.6 Å². The van der Waals surface area contributed by atoms with E-state index in [1.165, 1.54) is 10.7 Å². The molecule has 1 aromatic heterocycles. The summed E-state index contributed by atoms with van der Waals surface area (Å²) in [7, 11) is 0. The Balaban J connectivity index is 1.65. The van der Waals surface area contributed by atoms with E-state index in [0.717, 1.165) is 37.8 Å². The van der Waals surface area contributed by atoms with Gasteiger partial charge in [-0.15, -0.1) is 0 Å². The zero-order valence-electron chi connectivity index (χ0n) is 20.2. The molecule has 186 valence electrons. The number of nitrogens with one attached hydrogen (secondary N) is 1. The number of ether oxygens (including phenoxy) is 1. The SMILES string of the molecule is CCC(CC)CCC(C)CNC(=O)c1nn(-c2ccc(F)cc2F)c2c1COc1cc(Cl)ccc1-2. The number of nitrogens with zero attached hydrogens (tertiary/aromatic N) is 2. The molecule has 0 aliphatic carbocycles. The predicted molar refractivity (Wildman–Crippen MR) is 133 cm³/mol. The predicted octanol–water partition coefficient (Wildman–Crippen LogP) is 6.95. The number of fused-ring (bicyclic) bond motifs is 3. The van der Waals surface area contributed by atoms with Crippen molar-refractivity contribution in [2.45, 2.75) is 53.1 Å². The van der Waals surface area contributed by atoms with E-state index in [0.29, 0.717) is 46.0 Å². The van der Waals surface area contributed by atoms with E-state index < -0.39 is 11.6 Å². The Bertz CT molecular complexity index is 1220. The second-order valence-electron chi connectivity index (χ2n) is 9.19. The van der Waals surface area contributed by atoms with E-state index in [4.69, 9.17) is 16.3 Å². The third-order valence-corrected chi connectivity index (χ3v) is 6.98. The fourth-order valence-electron chi connectivity index (χ4n) is 4.50. The first-order chi connectivity index (χ1) is 16.8. The van der Waals surface area contributed by atoms with Gasteiger partial charge in [0.05, 0.1) is 5.69 Å². The van der Waals surface area contributed by atoms with Gasteiger partial charge in [-0.3, -0.25) is 4.79 Å². The molecule has 1 aliphatic heterocycles. The monoisotopic (exact) mass is 501 g/mol. The molecule has 8 heteroatoms. The molecule has 0 saturated carbocycles. The Labute approximate surface area is 209 Å². The van der Waals surface area contributed by atoms with Crippen LogP contribution in [-0.2, 0) is 6.61 Å². The molecule has 35 heavy (non-hydrogen) atoms. The van der Waals surface area contributed by atoms with Gasteiger partial charge in [-0.2, -0.15) is 5.10 Å². The van der Waals surface area contributed by atoms with Crippen LogP contribution in [0.15, 0.2) is 36.4 Å². The van der Waals surface area contributed by atoms with Gasteiger partial charge in [-0.05, 0) is 48.6 Å². The molecule has 1 unspecified atom stereocenters. The van der Waals surface area contributed by atoms with Gasteiger partial charge in [0.2, 0.25) is 0 Å². The molecule has 4 rings (SSSR count). The summed E-state index contributed by atoms with van der Waals surface area (Å²) >= 11 is 6.13. The third kappa shape index (κ3) is 5.35. The molecule has 1 amide bonds. The van der Waals surface area contributed by atoms with Crippen molar-refractivity contribution >= 4 is 17.5 Å². The van der Waals surface area contributed by atoms with Crippen LogP contribution in [0.25, 0.3) is 16.9 Å². The highest BCUT2D eigenvalue weighted by Gasteiger charge is 2.31. The van der Waals surface area contributed by atoms with E-state index in [2.05, 4.69) is 31.2 Å². The van der Waals surface area contributed by atoms with E-state index in [9.17, 15) is 13.6 Å². The lowest BCUT2D eigenvalue weighted by molar-refractivity contribution is 0.0939. The number of halogens is 3. The minimum absolute atomic E-state index is 0.0445. The van der Waals surface area contributed by atoms with Crippen LogP contribution in [0.1, 0.15) is 62.5 Å². The van der Waals surface area contributed by atoms with Crippen molar-refractivity contribution in [3.8, 4) is 22.7 Å². The highest BCUT2D eigenvalue weighted by Crippen LogP contribution is 2.41. The van der Waals surface area contributed by atoms with E-state index in [-0.39, 0.29) is 23.9 Å². The van der Waals surface area contributed by atoms with E-state index >= 15 is 0 Å². The number of rotatable bonds is 9. The maximum atomic E-state index is 14.8. The van der Waals surface area contributed by atoms with Crippen LogP contribution in [0.4, 0.5) is 8.78 Å². The van der Waals surface area contributed by atoms with Gasteiger partial charge in [0.25, 0.3) is 5.91 Å². The molecule has 1 N–H and O–H groups in total. The second kappa shape index (κ2) is 10.8. The van der Waals surface area contributed by atoms with Crippen LogP contribution in [0, 0.1) is 23.5 Å². The Kier molecular flexibility index (Phi) is 7.75. The molecule has 0 spiro atoms. The van der Waals surface area contributed by atoms with Gasteiger partial charge in [-0.25, -0.2) is 13.5 Å². The van der Waals surface area contributed by atoms with E-state index in [1.54, 1.807) is 18.2 Å². The van der Waals surface area contributed by atoms with Gasteiger partial charge < -0.3 is 10.1 Å². The topological polar surface area (TPSA) is 56.2 Å². The van der Waals surface area contributed by atoms with Crippen LogP contribution < -0.4 is 10.1 Å². The molecule has 0 bridgehead atoms. The largest absolute Gasteiger partial charge is 0.488 e. The van der Waals surface area contributed by atoms with Crippen LogP contribution in [0.3, 0.4) is 0 Å². The van der Waals surface area contributed by atoms with Crippen molar-refractivity contribution in [2.75, 3.05) is 6.54 Å². The zero-order valence-corrected chi connectivity index (χ0v) is 21.0. The van der Waals surface area contributed by atoms with Gasteiger partial charge in [0.15, 0.2) is 11.5 Å². The summed E-state index contributed by atoms with van der Waals surface area (Å²) < 4.78 is 35.6. The van der Waals surface area contributed by atoms with Gasteiger partial charge in [0.1, 0.15) is 23.9 Å². The number of aromatic nitrogens is 2. The fraction of sp³-hybridized carbons (Fsp3) is 0.407. The molecule has 0 saturated heterocycles. The maximum absolute atomic E-state index is 14.8. The number of hydrogen-bond acceptors (Lipinski definition) is 3. The number of carbonyl (C=O) groups excluding carboxylic acids is 1. The Morgan fingerprint density at radius 1 is 1.17 bits per heavy atom. The molecule has 1 atom stereocenters. The molecule has 5 nitrogen and oxygen atoms in total. The summed E-state index contributed by atoms with van der Waals surface area (Å²) in [5, 5.41) is 7.96. The summed E-state index contributed by atoms with van der Waals surface area (Å²) in [6.07, 6.45) is 4.47. The molecule has 1 aliphatic rings. The molecule has 2 heterocycles. The zero-order chi connectivity index (χ0) is 25.1. The minimum atomic E-state index is -0.778. The van der Waals surface area contributed by atoms with Crippen LogP contribution in [-0.4, -0.2) is 22.2 Å². The molecule has 2 aromatic carbocycles. The van der Waals surface area contributed by atoms with Crippen molar-refractivity contribution in [3.63, 3.8) is 0 Å². The number of hydrogen-bond donors (Lipinski definition) is 1. The Morgan fingerprint density at radius 2 is 1.94 bits per heavy atom. The summed E-state index contributed by atoms with van der Waals surface area (Å²) in [5.41, 5.74) is 1.91. The fourth-order valence-corrected chi connectivity index (χ4v) is 4.67. The standard InChI is InChI=1S/C27H30ClF2N3O2/c1-4-17(5-2)7-6-16(3)14-31-27(34)25-21-15-35-24-12-18(28)8-10-20(24)26(21)33(32-25)23-11-9-19(29)13-22(23)30/h8-13,16-17H,4-7,14-15H2,1-3H3,(H,31,34). The quantitative estimate of drug-likeness (QED) is 0.345. The first kappa shape index (κ1) is 25.2. The van der Waals surface area contributed by atoms with Gasteiger partial charge in [0, 0.05) is 28.8 Å². The van der Waals surface area contributed by atoms with Crippen molar-refractivity contribution in [2.24, 2.45) is 11.8 Å². The molecular formula is C27H30ClF2N3O2. The lowest BCUT2D eigenvalue weighted by Crippen LogP contribution is -2.30. The Hall–Kier alpha value is -2.93. The normalized spacial score (nSPS) is 13.2. The third-order valence-electron chi connectivity index (χ3n) is 6.74. The average Bonchev–Trinajstić information content (AvgIpc) is 3.22. The highest BCUT2D eigenvalue weighted by atomic mass is 35.5. The Morgan fingerprint density at radius 3 is 2.66 bits per heavy atom. The first-order valence-corrected chi connectivity index (χ1v) is 12.5. The summed E-state index contributed by atoms with van der Waals surface area (Å²) in [4.78, 5) is 13.2. The lowest BCUT2D eigenvalue weighted by atomic mass is 9.93. The molecule has 3 aromatic rings. The van der Waals surface area contributed by atoms with Crippen LogP contribution in [0.2, 0.25) is 5.02 Å². The van der Waals surface area contributed by atoms with Crippen molar-refractivity contribution < 1.29 is 18.3 Å². The first-order valence-electron chi connectivity index (χ1n) is 12.1. The smallest absolute Gasteiger partial charge is 0.272 e. The number of carbonyl (C=O) groups is 1. The summed E-state index contributed by atoms with van der Waals surface area (Å²) in [6.45, 7) is 7.13. The highest BCUT2D eigenvalue weighted by molar-refractivity contribution is 6.30. The van der Waals surface area contributed by atoms with E-state index in [1.807, 2.05) is 0 Å². The summed E-state index contributed by atoms with van der Waals surface area (Å²) in [6, 6.07) is 8.38. The van der Waals surface area contributed by atoms with Crippen LogP contribution in [0.5, 0.6) is 5.75 Å². The molecule has 0 radical (unpaired) electrons. The van der Waals surface area contributed by atoms with Crippen molar-refractivity contribution in [3.05, 3.63) is 64.3 Å². The maximum Gasteiger partial charge on any atom is 0.272 e. The minimum Gasteiger partial charge on any atom is -0.488 e. The van der Waals surface area contributed by atoms with Crippen molar-refractivity contribution in [1.29, 1.82) is 0 Å². The molecular weight excluding hydrogens is 472 g/mol. The average molecular weight is 502 g/mol. The van der Waals surface area contributed by atoms with Gasteiger partial charge >= 0.3 is 0 Å².